The average Bonchev–Trinajstić information content (AvgIpc) is 1.65. The molecule has 37 valence electrons. The van der Waals surface area contributed by atoms with Crippen LogP contribution in [0.1, 0.15) is 0 Å². The zero-order valence-corrected chi connectivity index (χ0v) is 3.55. The monoisotopic (exact) mass is 89.1 g/mol. The molecule has 0 aliphatic rings. The van der Waals surface area contributed by atoms with Crippen LogP contribution in [0.3, 0.4) is 0 Å². The molecule has 0 heterocycles. The summed E-state index contributed by atoms with van der Waals surface area (Å²) in [5.41, 5.74) is 5.02. The van der Waals surface area contributed by atoms with Gasteiger partial charge in [-0.1, -0.05) is 0 Å². The zero-order chi connectivity index (χ0) is 4.99. The summed E-state index contributed by atoms with van der Waals surface area (Å²) in [5, 5.41) is 0. The van der Waals surface area contributed by atoms with E-state index in [2.05, 4.69) is 17.7 Å². The molecule has 3 heteroatoms. The third-order valence-corrected chi connectivity index (χ3v) is 0.455. The topological polar surface area (TPSA) is 61.3 Å². The van der Waals surface area contributed by atoms with Crippen molar-refractivity contribution in [2.45, 2.75) is 6.10 Å². The van der Waals surface area contributed by atoms with Gasteiger partial charge in [-0.05, 0) is 6.92 Å². The molecule has 0 spiro atoms. The molecular formula is C3H9N2O. The van der Waals surface area contributed by atoms with Crippen molar-refractivity contribution < 1.29 is 4.84 Å². The largest absolute Gasteiger partial charge is 0.328 e. The molecule has 0 aromatic heterocycles. The zero-order valence-electron chi connectivity index (χ0n) is 3.55. The summed E-state index contributed by atoms with van der Waals surface area (Å²) in [6, 6.07) is 0. The maximum absolute atomic E-state index is 5.02. The van der Waals surface area contributed by atoms with Gasteiger partial charge in [-0.3, -0.25) is 4.84 Å². The van der Waals surface area contributed by atoms with Crippen molar-refractivity contribution in [2.75, 3.05) is 6.54 Å². The molecule has 0 aromatic carbocycles. The Morgan fingerprint density at radius 3 is 2.33 bits per heavy atom. The molecule has 0 amide bonds. The quantitative estimate of drug-likeness (QED) is 0.428. The van der Waals surface area contributed by atoms with Crippen molar-refractivity contribution in [3.63, 3.8) is 0 Å². The lowest BCUT2D eigenvalue weighted by atomic mass is 10.4. The number of rotatable bonds is 2. The molecule has 6 heavy (non-hydrogen) atoms. The number of nitrogens with two attached hydrogens (primary N) is 2. The van der Waals surface area contributed by atoms with Gasteiger partial charge >= 0.3 is 0 Å². The molecule has 4 N–H and O–H groups in total. The predicted molar refractivity (Wildman–Crippen MR) is 23.5 cm³/mol. The van der Waals surface area contributed by atoms with Crippen molar-refractivity contribution >= 4 is 0 Å². The predicted octanol–water partition coefficient (Wildman–Crippen LogP) is -0.962. The molecular weight excluding hydrogens is 80.0 g/mol. The summed E-state index contributed by atoms with van der Waals surface area (Å²) in [6.45, 7) is 3.77. The van der Waals surface area contributed by atoms with E-state index in [1.54, 1.807) is 0 Å². The van der Waals surface area contributed by atoms with Crippen LogP contribution in [0.15, 0.2) is 0 Å². The molecule has 0 saturated carbocycles. The maximum atomic E-state index is 5.02. The Labute approximate surface area is 37.2 Å². The lowest BCUT2D eigenvalue weighted by Crippen LogP contribution is -2.23. The SMILES string of the molecule is [CH2]C(CN)ON. The fraction of sp³-hybridized carbons (Fsp3) is 0.667. The van der Waals surface area contributed by atoms with Gasteiger partial charge in [-0.2, -0.15) is 0 Å². The van der Waals surface area contributed by atoms with E-state index >= 15 is 0 Å². The van der Waals surface area contributed by atoms with E-state index in [0.717, 1.165) is 0 Å². The first-order valence-corrected chi connectivity index (χ1v) is 1.70. The van der Waals surface area contributed by atoms with Crippen LogP contribution in [0, 0.1) is 6.92 Å². The summed E-state index contributed by atoms with van der Waals surface area (Å²) < 4.78 is 0. The van der Waals surface area contributed by atoms with Gasteiger partial charge in [-0.15, -0.1) is 0 Å². The highest BCUT2D eigenvalue weighted by atomic mass is 16.6. The second-order valence-electron chi connectivity index (χ2n) is 0.994. The Morgan fingerprint density at radius 1 is 1.83 bits per heavy atom. The third-order valence-electron chi connectivity index (χ3n) is 0.455. The second kappa shape index (κ2) is 3.08. The Kier molecular flexibility index (Phi) is 3.02. The number of hydrogen-bond acceptors (Lipinski definition) is 3. The van der Waals surface area contributed by atoms with Crippen LogP contribution in [-0.4, -0.2) is 12.6 Å². The lowest BCUT2D eigenvalue weighted by Gasteiger charge is -2.00. The van der Waals surface area contributed by atoms with Gasteiger partial charge in [0.1, 0.15) is 0 Å². The van der Waals surface area contributed by atoms with Crippen LogP contribution in [0.25, 0.3) is 0 Å². The van der Waals surface area contributed by atoms with Crippen LogP contribution in [0.4, 0.5) is 0 Å². The molecule has 0 aliphatic carbocycles. The highest BCUT2D eigenvalue weighted by Crippen LogP contribution is 1.73. The van der Waals surface area contributed by atoms with Crippen molar-refractivity contribution in [1.29, 1.82) is 0 Å². The first kappa shape index (κ1) is 5.88. The minimum absolute atomic E-state index is 0.259. The first-order chi connectivity index (χ1) is 2.81. The van der Waals surface area contributed by atoms with E-state index in [9.17, 15) is 0 Å². The van der Waals surface area contributed by atoms with Gasteiger partial charge in [0.25, 0.3) is 0 Å². The standard InChI is InChI=1S/C3H9N2O/c1-3(2-4)6-5/h3H,1-2,4-5H2. The Balaban J connectivity index is 2.75. The van der Waals surface area contributed by atoms with Gasteiger partial charge in [0.2, 0.25) is 0 Å². The summed E-state index contributed by atoms with van der Waals surface area (Å²) in [6.07, 6.45) is -0.259. The maximum Gasteiger partial charge on any atom is 0.0910 e. The minimum atomic E-state index is -0.259. The smallest absolute Gasteiger partial charge is 0.0910 e. The highest BCUT2D eigenvalue weighted by Gasteiger charge is 1.90. The summed E-state index contributed by atoms with van der Waals surface area (Å²) >= 11 is 0. The van der Waals surface area contributed by atoms with Crippen LogP contribution < -0.4 is 11.6 Å². The van der Waals surface area contributed by atoms with E-state index in [4.69, 9.17) is 5.73 Å². The number of hydrogen-bond donors (Lipinski definition) is 2. The molecule has 0 bridgehead atoms. The second-order valence-corrected chi connectivity index (χ2v) is 0.994. The van der Waals surface area contributed by atoms with Crippen molar-refractivity contribution in [3.05, 3.63) is 6.92 Å². The van der Waals surface area contributed by atoms with E-state index in [-0.39, 0.29) is 6.10 Å². The molecule has 1 radical (unpaired) electrons. The fourth-order valence-electron chi connectivity index (χ4n) is 0.0556. The molecule has 0 saturated heterocycles. The van der Waals surface area contributed by atoms with Crippen LogP contribution >= 0.6 is 0 Å². The van der Waals surface area contributed by atoms with Gasteiger partial charge in [0.15, 0.2) is 0 Å². The molecule has 0 aliphatic heterocycles. The summed E-state index contributed by atoms with van der Waals surface area (Å²) in [4.78, 5) is 4.16. The van der Waals surface area contributed by atoms with E-state index in [0.29, 0.717) is 6.54 Å². The molecule has 0 rings (SSSR count). The Bertz CT molecular complexity index is 28.0. The van der Waals surface area contributed by atoms with Gasteiger partial charge in [0, 0.05) is 6.54 Å². The summed E-state index contributed by atoms with van der Waals surface area (Å²) in [5.74, 6) is 4.64. The van der Waals surface area contributed by atoms with E-state index in [1.165, 1.54) is 0 Å². The summed E-state index contributed by atoms with van der Waals surface area (Å²) in [7, 11) is 0. The normalized spacial score (nSPS) is 14.5. The van der Waals surface area contributed by atoms with Crippen molar-refractivity contribution in [2.24, 2.45) is 11.6 Å². The molecule has 1 atom stereocenters. The average molecular weight is 89.1 g/mol. The van der Waals surface area contributed by atoms with E-state index < -0.39 is 0 Å². The first-order valence-electron chi connectivity index (χ1n) is 1.70. The van der Waals surface area contributed by atoms with Crippen LogP contribution in [0.5, 0.6) is 0 Å². The van der Waals surface area contributed by atoms with Crippen molar-refractivity contribution in [1.82, 2.24) is 0 Å². The highest BCUT2D eigenvalue weighted by molar-refractivity contribution is 4.56. The van der Waals surface area contributed by atoms with Gasteiger partial charge in [-0.25, -0.2) is 5.90 Å². The fourth-order valence-corrected chi connectivity index (χ4v) is 0.0556. The molecule has 1 unspecified atom stereocenters. The van der Waals surface area contributed by atoms with Crippen LogP contribution in [-0.2, 0) is 4.84 Å². The lowest BCUT2D eigenvalue weighted by molar-refractivity contribution is 0.0905. The minimum Gasteiger partial charge on any atom is -0.328 e. The van der Waals surface area contributed by atoms with Crippen LogP contribution in [0.2, 0.25) is 0 Å². The van der Waals surface area contributed by atoms with E-state index in [1.807, 2.05) is 0 Å². The molecule has 3 nitrogen and oxygen atoms in total. The van der Waals surface area contributed by atoms with Gasteiger partial charge in [0.05, 0.1) is 6.10 Å². The van der Waals surface area contributed by atoms with Gasteiger partial charge < -0.3 is 5.73 Å². The molecule has 0 aromatic rings. The third kappa shape index (κ3) is 2.14. The Hall–Kier alpha value is -0.120. The Morgan fingerprint density at radius 2 is 2.33 bits per heavy atom. The molecule has 0 fully saturated rings. The van der Waals surface area contributed by atoms with Crippen molar-refractivity contribution in [3.8, 4) is 0 Å².